The van der Waals surface area contributed by atoms with Gasteiger partial charge in [-0.05, 0) is 50.8 Å². The number of likely N-dealkylation sites (tertiary alicyclic amines) is 1. The molecule has 1 heterocycles. The van der Waals surface area contributed by atoms with E-state index in [0.717, 1.165) is 25.2 Å². The first kappa shape index (κ1) is 17.3. The Morgan fingerprint density at radius 3 is 2.64 bits per heavy atom. The van der Waals surface area contributed by atoms with Crippen molar-refractivity contribution < 1.29 is 4.74 Å². The van der Waals surface area contributed by atoms with Gasteiger partial charge in [0.25, 0.3) is 0 Å². The minimum atomic E-state index is 0.292. The van der Waals surface area contributed by atoms with E-state index < -0.39 is 0 Å². The smallest absolute Gasteiger partial charge is 0.119 e. The minimum Gasteiger partial charge on any atom is -0.494 e. The van der Waals surface area contributed by atoms with Crippen molar-refractivity contribution in [2.75, 3.05) is 13.2 Å². The van der Waals surface area contributed by atoms with Crippen molar-refractivity contribution >= 4 is 0 Å². The summed E-state index contributed by atoms with van der Waals surface area (Å²) in [7, 11) is 0. The van der Waals surface area contributed by atoms with E-state index in [9.17, 15) is 0 Å². The molecule has 1 saturated heterocycles. The van der Waals surface area contributed by atoms with E-state index in [4.69, 9.17) is 10.5 Å². The first-order valence-corrected chi connectivity index (χ1v) is 8.87. The normalized spacial score (nSPS) is 24.2. The molecule has 0 aliphatic carbocycles. The largest absolute Gasteiger partial charge is 0.494 e. The lowest BCUT2D eigenvalue weighted by Gasteiger charge is -2.44. The maximum atomic E-state index is 6.15. The molecule has 3 atom stereocenters. The number of nitrogens with two attached hydrogens (primary N) is 1. The third-order valence-electron chi connectivity index (χ3n) is 4.85. The van der Waals surface area contributed by atoms with Crippen LogP contribution >= 0.6 is 0 Å². The number of benzene rings is 1. The number of rotatable bonds is 7. The van der Waals surface area contributed by atoms with Gasteiger partial charge in [0.15, 0.2) is 0 Å². The van der Waals surface area contributed by atoms with Crippen LogP contribution in [-0.2, 0) is 0 Å². The van der Waals surface area contributed by atoms with E-state index in [1.165, 1.54) is 24.8 Å². The minimum absolute atomic E-state index is 0.292. The Bertz CT molecular complexity index is 439. The Hall–Kier alpha value is -1.06. The lowest BCUT2D eigenvalue weighted by molar-refractivity contribution is 0.0576. The summed E-state index contributed by atoms with van der Waals surface area (Å²) in [5.74, 6) is 0.974. The van der Waals surface area contributed by atoms with Gasteiger partial charge in [-0.15, -0.1) is 0 Å². The Kier molecular flexibility index (Phi) is 6.71. The third kappa shape index (κ3) is 4.23. The quantitative estimate of drug-likeness (QED) is 0.770. The van der Waals surface area contributed by atoms with Crippen molar-refractivity contribution in [3.63, 3.8) is 0 Å². The summed E-state index contributed by atoms with van der Waals surface area (Å²) in [4.78, 5) is 2.61. The molecular formula is C19H32N2O. The molecule has 0 radical (unpaired) electrons. The van der Waals surface area contributed by atoms with Gasteiger partial charge >= 0.3 is 0 Å². The van der Waals surface area contributed by atoms with Gasteiger partial charge in [0.1, 0.15) is 5.75 Å². The fourth-order valence-electron chi connectivity index (χ4n) is 3.63. The summed E-state index contributed by atoms with van der Waals surface area (Å²) in [5.41, 5.74) is 7.44. The average molecular weight is 304 g/mol. The molecule has 1 aliphatic rings. The molecule has 0 spiro atoms. The zero-order valence-corrected chi connectivity index (χ0v) is 14.4. The molecule has 1 fully saturated rings. The summed E-state index contributed by atoms with van der Waals surface area (Å²) in [6.45, 7) is 8.31. The second-order valence-electron chi connectivity index (χ2n) is 6.60. The summed E-state index contributed by atoms with van der Waals surface area (Å²) >= 11 is 0. The second-order valence-corrected chi connectivity index (χ2v) is 6.60. The van der Waals surface area contributed by atoms with Crippen LogP contribution in [0.25, 0.3) is 0 Å². The molecule has 2 rings (SSSR count). The zero-order valence-electron chi connectivity index (χ0n) is 14.4. The van der Waals surface area contributed by atoms with E-state index in [1.54, 1.807) is 0 Å². The van der Waals surface area contributed by atoms with E-state index in [2.05, 4.69) is 49.9 Å². The Morgan fingerprint density at radius 1 is 1.27 bits per heavy atom. The highest BCUT2D eigenvalue weighted by molar-refractivity contribution is 5.31. The number of hydrogen-bond acceptors (Lipinski definition) is 3. The van der Waals surface area contributed by atoms with E-state index in [-0.39, 0.29) is 0 Å². The monoisotopic (exact) mass is 304 g/mol. The second kappa shape index (κ2) is 8.54. The standard InChI is InChI=1S/C19H32N2O/c1-4-5-12-22-18-11-7-10-17(13-18)19(14-20)21-15(2)8-6-9-16(21)3/h7,10-11,13,15-16,19H,4-6,8-9,12,14,20H2,1-3H3. The highest BCUT2D eigenvalue weighted by Crippen LogP contribution is 2.33. The van der Waals surface area contributed by atoms with Crippen LogP contribution < -0.4 is 10.5 Å². The van der Waals surface area contributed by atoms with Gasteiger partial charge in [0, 0.05) is 24.7 Å². The Morgan fingerprint density at radius 2 is 2.00 bits per heavy atom. The number of hydrogen-bond donors (Lipinski definition) is 1. The predicted molar refractivity (Wildman–Crippen MR) is 93.3 cm³/mol. The molecule has 2 N–H and O–H groups in total. The molecule has 3 nitrogen and oxygen atoms in total. The van der Waals surface area contributed by atoms with Crippen LogP contribution in [0.1, 0.15) is 64.5 Å². The van der Waals surface area contributed by atoms with Crippen molar-refractivity contribution in [2.24, 2.45) is 5.73 Å². The first-order chi connectivity index (χ1) is 10.7. The van der Waals surface area contributed by atoms with Crippen molar-refractivity contribution in [1.29, 1.82) is 0 Å². The Labute approximate surface area is 135 Å². The van der Waals surface area contributed by atoms with Crippen LogP contribution in [0.3, 0.4) is 0 Å². The van der Waals surface area contributed by atoms with E-state index in [1.807, 2.05) is 0 Å². The number of unbranched alkanes of at least 4 members (excludes halogenated alkanes) is 1. The molecule has 1 aromatic rings. The van der Waals surface area contributed by atoms with Gasteiger partial charge in [-0.25, -0.2) is 0 Å². The molecule has 1 aliphatic heterocycles. The van der Waals surface area contributed by atoms with Crippen LogP contribution in [0.2, 0.25) is 0 Å². The van der Waals surface area contributed by atoms with Crippen molar-refractivity contribution in [1.82, 2.24) is 4.90 Å². The van der Waals surface area contributed by atoms with Crippen molar-refractivity contribution in [3.05, 3.63) is 29.8 Å². The number of piperidine rings is 1. The lowest BCUT2D eigenvalue weighted by atomic mass is 9.92. The fraction of sp³-hybridized carbons (Fsp3) is 0.684. The number of ether oxygens (including phenoxy) is 1. The van der Waals surface area contributed by atoms with Crippen LogP contribution in [-0.4, -0.2) is 30.1 Å². The van der Waals surface area contributed by atoms with Crippen LogP contribution in [0.15, 0.2) is 24.3 Å². The molecule has 3 unspecified atom stereocenters. The highest BCUT2D eigenvalue weighted by Gasteiger charge is 2.31. The molecule has 0 amide bonds. The number of nitrogens with zero attached hydrogens (tertiary/aromatic N) is 1. The van der Waals surface area contributed by atoms with Crippen molar-refractivity contribution in [3.8, 4) is 5.75 Å². The summed E-state index contributed by atoms with van der Waals surface area (Å²) in [5, 5.41) is 0. The lowest BCUT2D eigenvalue weighted by Crippen LogP contribution is -2.48. The Balaban J connectivity index is 2.14. The third-order valence-corrected chi connectivity index (χ3v) is 4.85. The predicted octanol–water partition coefficient (Wildman–Crippen LogP) is 4.13. The van der Waals surface area contributed by atoms with E-state index in [0.29, 0.717) is 24.7 Å². The van der Waals surface area contributed by atoms with Crippen molar-refractivity contribution in [2.45, 2.75) is 71.0 Å². The highest BCUT2D eigenvalue weighted by atomic mass is 16.5. The molecule has 124 valence electrons. The van der Waals surface area contributed by atoms with E-state index >= 15 is 0 Å². The first-order valence-electron chi connectivity index (χ1n) is 8.87. The van der Waals surface area contributed by atoms with Crippen LogP contribution in [0, 0.1) is 0 Å². The molecule has 3 heteroatoms. The topological polar surface area (TPSA) is 38.5 Å². The fourth-order valence-corrected chi connectivity index (χ4v) is 3.63. The molecular weight excluding hydrogens is 272 g/mol. The maximum Gasteiger partial charge on any atom is 0.119 e. The van der Waals surface area contributed by atoms with Gasteiger partial charge in [-0.1, -0.05) is 31.9 Å². The van der Waals surface area contributed by atoms with Gasteiger partial charge in [0.05, 0.1) is 6.61 Å². The van der Waals surface area contributed by atoms with Gasteiger partial charge in [-0.2, -0.15) is 0 Å². The molecule has 0 bridgehead atoms. The summed E-state index contributed by atoms with van der Waals surface area (Å²) < 4.78 is 5.86. The molecule has 22 heavy (non-hydrogen) atoms. The maximum absolute atomic E-state index is 6.15. The van der Waals surface area contributed by atoms with Gasteiger partial charge < -0.3 is 10.5 Å². The van der Waals surface area contributed by atoms with Crippen LogP contribution in [0.4, 0.5) is 0 Å². The van der Waals surface area contributed by atoms with Gasteiger partial charge in [-0.3, -0.25) is 4.90 Å². The van der Waals surface area contributed by atoms with Crippen LogP contribution in [0.5, 0.6) is 5.75 Å². The summed E-state index contributed by atoms with van der Waals surface area (Å²) in [6.07, 6.45) is 6.13. The average Bonchev–Trinajstić information content (AvgIpc) is 2.52. The summed E-state index contributed by atoms with van der Waals surface area (Å²) in [6, 6.07) is 10.0. The molecule has 0 aromatic heterocycles. The molecule has 1 aromatic carbocycles. The van der Waals surface area contributed by atoms with Gasteiger partial charge in [0.2, 0.25) is 0 Å². The molecule has 0 saturated carbocycles. The zero-order chi connectivity index (χ0) is 15.9. The SMILES string of the molecule is CCCCOc1cccc(C(CN)N2C(C)CCCC2C)c1.